The molecule has 0 unspecified atom stereocenters. The highest BCUT2D eigenvalue weighted by atomic mass is 16.4. The van der Waals surface area contributed by atoms with Crippen molar-refractivity contribution in [1.82, 2.24) is 0 Å². The number of rotatable bonds is 6. The first-order valence-corrected chi connectivity index (χ1v) is 11.7. The van der Waals surface area contributed by atoms with E-state index < -0.39 is 11.9 Å². The Kier molecular flexibility index (Phi) is 5.52. The molecular formula is C31H26O4. The van der Waals surface area contributed by atoms with Gasteiger partial charge in [0.1, 0.15) is 0 Å². The summed E-state index contributed by atoms with van der Waals surface area (Å²) in [5, 5.41) is 18.7. The number of carboxylic acids is 2. The van der Waals surface area contributed by atoms with Crippen LogP contribution in [0.4, 0.5) is 0 Å². The zero-order chi connectivity index (χ0) is 24.7. The zero-order valence-electron chi connectivity index (χ0n) is 19.7. The molecule has 0 saturated carbocycles. The monoisotopic (exact) mass is 462 g/mol. The minimum Gasteiger partial charge on any atom is -0.481 e. The molecule has 1 aliphatic rings. The maximum absolute atomic E-state index is 11.4. The maximum atomic E-state index is 11.4. The van der Waals surface area contributed by atoms with Gasteiger partial charge in [0.2, 0.25) is 0 Å². The maximum Gasteiger partial charge on any atom is 0.307 e. The summed E-state index contributed by atoms with van der Waals surface area (Å²) in [5.74, 6) is -1.69. The second-order valence-electron chi connectivity index (χ2n) is 9.60. The molecule has 0 aromatic heterocycles. The van der Waals surface area contributed by atoms with Crippen molar-refractivity contribution < 1.29 is 19.8 Å². The highest BCUT2D eigenvalue weighted by Crippen LogP contribution is 2.50. The Balaban J connectivity index is 1.59. The molecule has 2 N–H and O–H groups in total. The van der Waals surface area contributed by atoms with E-state index in [0.717, 1.165) is 33.4 Å². The molecule has 4 nitrogen and oxygen atoms in total. The fourth-order valence-corrected chi connectivity index (χ4v) is 5.31. The van der Waals surface area contributed by atoms with Gasteiger partial charge in [0.05, 0.1) is 12.8 Å². The van der Waals surface area contributed by atoms with Crippen LogP contribution in [0.25, 0.3) is 33.4 Å². The topological polar surface area (TPSA) is 74.6 Å². The summed E-state index contributed by atoms with van der Waals surface area (Å²) in [7, 11) is 0. The Morgan fingerprint density at radius 1 is 0.600 bits per heavy atom. The fraction of sp³-hybridized carbons (Fsp3) is 0.161. The molecule has 5 rings (SSSR count). The smallest absolute Gasteiger partial charge is 0.307 e. The summed E-state index contributed by atoms with van der Waals surface area (Å²) in [6, 6.07) is 28.1. The first-order chi connectivity index (χ1) is 16.8. The first kappa shape index (κ1) is 22.6. The number of aliphatic carboxylic acids is 2. The predicted molar refractivity (Wildman–Crippen MR) is 138 cm³/mol. The molecule has 0 fully saturated rings. The molecule has 0 aliphatic heterocycles. The van der Waals surface area contributed by atoms with Crippen molar-refractivity contribution in [3.63, 3.8) is 0 Å². The molecule has 174 valence electrons. The van der Waals surface area contributed by atoms with E-state index in [9.17, 15) is 19.8 Å². The zero-order valence-corrected chi connectivity index (χ0v) is 19.7. The largest absolute Gasteiger partial charge is 0.481 e. The molecule has 0 heterocycles. The van der Waals surface area contributed by atoms with Gasteiger partial charge in [-0.05, 0) is 67.8 Å². The van der Waals surface area contributed by atoms with Gasteiger partial charge in [-0.1, -0.05) is 86.6 Å². The van der Waals surface area contributed by atoms with Crippen LogP contribution in [0.1, 0.15) is 36.1 Å². The molecule has 4 aromatic carbocycles. The van der Waals surface area contributed by atoms with Crippen LogP contribution in [0.5, 0.6) is 0 Å². The lowest BCUT2D eigenvalue weighted by atomic mass is 9.80. The van der Waals surface area contributed by atoms with Gasteiger partial charge in [0.15, 0.2) is 0 Å². The molecule has 0 spiro atoms. The summed E-state index contributed by atoms with van der Waals surface area (Å²) in [6.07, 6.45) is -0.0357. The Labute approximate surface area is 204 Å². The van der Waals surface area contributed by atoms with Crippen LogP contribution >= 0.6 is 0 Å². The third-order valence-electron chi connectivity index (χ3n) is 7.02. The van der Waals surface area contributed by atoms with Crippen molar-refractivity contribution in [2.75, 3.05) is 0 Å². The second-order valence-corrected chi connectivity index (χ2v) is 9.60. The minimum atomic E-state index is -0.845. The summed E-state index contributed by atoms with van der Waals surface area (Å²) in [5.41, 5.74) is 9.97. The molecule has 0 radical (unpaired) electrons. The molecule has 0 atom stereocenters. The van der Waals surface area contributed by atoms with Gasteiger partial charge in [-0.3, -0.25) is 9.59 Å². The van der Waals surface area contributed by atoms with E-state index in [0.29, 0.717) is 0 Å². The second kappa shape index (κ2) is 8.55. The van der Waals surface area contributed by atoms with E-state index in [1.807, 2.05) is 48.5 Å². The number of carboxylic acid groups (broad SMARTS) is 2. The molecule has 35 heavy (non-hydrogen) atoms. The van der Waals surface area contributed by atoms with Crippen molar-refractivity contribution in [2.45, 2.75) is 32.1 Å². The Morgan fingerprint density at radius 2 is 1.00 bits per heavy atom. The van der Waals surface area contributed by atoms with Gasteiger partial charge in [-0.2, -0.15) is 0 Å². The summed E-state index contributed by atoms with van der Waals surface area (Å²) in [4.78, 5) is 22.8. The van der Waals surface area contributed by atoms with Crippen LogP contribution in [-0.2, 0) is 27.8 Å². The van der Waals surface area contributed by atoms with Crippen LogP contribution < -0.4 is 0 Å². The van der Waals surface area contributed by atoms with Crippen molar-refractivity contribution in [3.05, 3.63) is 107 Å². The number of hydrogen-bond acceptors (Lipinski definition) is 2. The third kappa shape index (κ3) is 4.01. The highest BCUT2D eigenvalue weighted by molar-refractivity contribution is 5.87. The molecule has 4 aromatic rings. The average molecular weight is 463 g/mol. The Bertz CT molecular complexity index is 1370. The third-order valence-corrected chi connectivity index (χ3v) is 7.02. The number of carbonyl (C=O) groups is 2. The van der Waals surface area contributed by atoms with E-state index in [4.69, 9.17) is 0 Å². The fourth-order valence-electron chi connectivity index (χ4n) is 5.31. The van der Waals surface area contributed by atoms with Crippen LogP contribution in [0.2, 0.25) is 0 Å². The average Bonchev–Trinajstić information content (AvgIpc) is 3.05. The summed E-state index contributed by atoms with van der Waals surface area (Å²) >= 11 is 0. The van der Waals surface area contributed by atoms with Crippen molar-refractivity contribution in [3.8, 4) is 33.4 Å². The van der Waals surface area contributed by atoms with Crippen molar-refractivity contribution in [1.29, 1.82) is 0 Å². The highest BCUT2D eigenvalue weighted by Gasteiger charge is 2.36. The lowest BCUT2D eigenvalue weighted by molar-refractivity contribution is -0.137. The van der Waals surface area contributed by atoms with Crippen molar-refractivity contribution >= 4 is 11.9 Å². The van der Waals surface area contributed by atoms with Crippen LogP contribution in [0, 0.1) is 0 Å². The van der Waals surface area contributed by atoms with Gasteiger partial charge < -0.3 is 10.2 Å². The van der Waals surface area contributed by atoms with Gasteiger partial charge in [0.25, 0.3) is 0 Å². The number of benzene rings is 4. The molecule has 0 saturated heterocycles. The van der Waals surface area contributed by atoms with Gasteiger partial charge in [-0.25, -0.2) is 0 Å². The normalized spacial score (nSPS) is 13.2. The molecule has 0 bridgehead atoms. The molecule has 4 heteroatoms. The van der Waals surface area contributed by atoms with E-state index in [-0.39, 0.29) is 18.3 Å². The Hall–Kier alpha value is -4.18. The molecule has 0 amide bonds. The van der Waals surface area contributed by atoms with E-state index in [2.05, 4.69) is 50.2 Å². The Morgan fingerprint density at radius 3 is 1.40 bits per heavy atom. The lowest BCUT2D eigenvalue weighted by Gasteiger charge is -2.23. The van der Waals surface area contributed by atoms with Crippen LogP contribution in [0.15, 0.2) is 84.9 Å². The summed E-state index contributed by atoms with van der Waals surface area (Å²) < 4.78 is 0. The lowest BCUT2D eigenvalue weighted by Crippen LogP contribution is -2.15. The molecule has 1 aliphatic carbocycles. The SMILES string of the molecule is CC1(C)c2cc(-c3ccccc3CC(=O)O)ccc2-c2ccc(-c3ccccc3CC(=O)O)cc21. The number of hydrogen-bond donors (Lipinski definition) is 2. The number of fused-ring (bicyclic) bond motifs is 3. The molecular weight excluding hydrogens is 436 g/mol. The van der Waals surface area contributed by atoms with Crippen LogP contribution in [0.3, 0.4) is 0 Å². The minimum absolute atomic E-state index is 0.0179. The van der Waals surface area contributed by atoms with Crippen LogP contribution in [-0.4, -0.2) is 22.2 Å². The van der Waals surface area contributed by atoms with Gasteiger partial charge in [-0.15, -0.1) is 0 Å². The van der Waals surface area contributed by atoms with E-state index in [1.54, 1.807) is 0 Å². The van der Waals surface area contributed by atoms with E-state index in [1.165, 1.54) is 22.3 Å². The first-order valence-electron chi connectivity index (χ1n) is 11.7. The quantitative estimate of drug-likeness (QED) is 0.339. The van der Waals surface area contributed by atoms with E-state index >= 15 is 0 Å². The standard InChI is InChI=1S/C31H26O4/c1-31(2)27-15-21(23-9-5-3-7-19(23)17-29(32)33)11-13-25(27)26-14-12-22(16-28(26)31)24-10-6-4-8-20(24)18-30(34)35/h3-16H,17-18H2,1-2H3,(H,32,33)(H,34,35). The van der Waals surface area contributed by atoms with Crippen molar-refractivity contribution in [2.24, 2.45) is 0 Å². The summed E-state index contributed by atoms with van der Waals surface area (Å²) in [6.45, 7) is 4.41. The van der Waals surface area contributed by atoms with Gasteiger partial charge >= 0.3 is 11.9 Å². The van der Waals surface area contributed by atoms with Gasteiger partial charge in [0, 0.05) is 5.41 Å². The predicted octanol–water partition coefficient (Wildman–Crippen LogP) is 6.58.